The van der Waals surface area contributed by atoms with Gasteiger partial charge >= 0.3 is 5.97 Å². The molecule has 0 unspecified atom stereocenters. The normalized spacial score (nSPS) is 11.2. The molecule has 0 aliphatic carbocycles. The molecule has 1 aromatic heterocycles. The van der Waals surface area contributed by atoms with E-state index < -0.39 is 0 Å². The lowest BCUT2D eigenvalue weighted by Crippen LogP contribution is -2.09. The maximum absolute atomic E-state index is 12.1. The predicted molar refractivity (Wildman–Crippen MR) is 141 cm³/mol. The zero-order chi connectivity index (χ0) is 25.7. The first kappa shape index (κ1) is 25.3. The summed E-state index contributed by atoms with van der Waals surface area (Å²) in [5.74, 6) is 0.921. The van der Waals surface area contributed by atoms with E-state index in [1.165, 1.54) is 0 Å². The number of aromatic nitrogens is 2. The fraction of sp³-hybridized carbons (Fsp3) is 0.310. The number of carbonyl (C=O) groups is 1. The van der Waals surface area contributed by atoms with Crippen LogP contribution in [0.15, 0.2) is 60.7 Å². The van der Waals surface area contributed by atoms with E-state index in [0.29, 0.717) is 24.7 Å². The van der Waals surface area contributed by atoms with Gasteiger partial charge in [-0.15, -0.1) is 0 Å². The van der Waals surface area contributed by atoms with Crippen LogP contribution in [0, 0.1) is 0 Å². The van der Waals surface area contributed by atoms with Crippen LogP contribution in [0.4, 0.5) is 0 Å². The lowest BCUT2D eigenvalue weighted by atomic mass is 10.0. The summed E-state index contributed by atoms with van der Waals surface area (Å²) in [6, 6.07) is 20.2. The second-order valence-corrected chi connectivity index (χ2v) is 8.87. The Morgan fingerprint density at radius 2 is 1.86 bits per heavy atom. The highest BCUT2D eigenvalue weighted by Crippen LogP contribution is 2.31. The van der Waals surface area contributed by atoms with E-state index >= 15 is 0 Å². The minimum absolute atomic E-state index is 0.121. The molecule has 3 aromatic carbocycles. The van der Waals surface area contributed by atoms with Crippen LogP contribution in [0.5, 0.6) is 11.5 Å². The summed E-state index contributed by atoms with van der Waals surface area (Å²) in [7, 11) is 1.60. The number of hydrogen-bond acceptors (Lipinski definition) is 6. The fourth-order valence-electron chi connectivity index (χ4n) is 4.22. The molecule has 4 aromatic rings. The lowest BCUT2D eigenvalue weighted by molar-refractivity contribution is -0.142. The van der Waals surface area contributed by atoms with Crippen LogP contribution in [0.25, 0.3) is 22.0 Å². The predicted octanol–water partition coefficient (Wildman–Crippen LogP) is 5.44. The zero-order valence-corrected chi connectivity index (χ0v) is 21.3. The van der Waals surface area contributed by atoms with E-state index in [9.17, 15) is 4.79 Å². The molecule has 7 heteroatoms. The van der Waals surface area contributed by atoms with Gasteiger partial charge in [0.05, 0.1) is 25.7 Å². The SMILES string of the molecule is CCOC(=O)Cc1ccc(OC)cc1OCc1nn(C(C)C)c2ccc(-c3cccc(CN)c3)cc12. The van der Waals surface area contributed by atoms with Crippen LogP contribution >= 0.6 is 0 Å². The van der Waals surface area contributed by atoms with Gasteiger partial charge in [-0.05, 0) is 61.7 Å². The van der Waals surface area contributed by atoms with Gasteiger partial charge in [0.2, 0.25) is 0 Å². The van der Waals surface area contributed by atoms with Crippen molar-refractivity contribution in [3.05, 3.63) is 77.5 Å². The highest BCUT2D eigenvalue weighted by molar-refractivity contribution is 5.87. The molecular formula is C29H33N3O4. The van der Waals surface area contributed by atoms with Gasteiger partial charge in [-0.1, -0.05) is 30.3 Å². The zero-order valence-electron chi connectivity index (χ0n) is 21.3. The maximum atomic E-state index is 12.1. The van der Waals surface area contributed by atoms with E-state index in [-0.39, 0.29) is 25.0 Å². The number of esters is 1. The summed E-state index contributed by atoms with van der Waals surface area (Å²) >= 11 is 0. The van der Waals surface area contributed by atoms with Gasteiger partial charge in [0, 0.05) is 29.6 Å². The van der Waals surface area contributed by atoms with Gasteiger partial charge < -0.3 is 19.9 Å². The van der Waals surface area contributed by atoms with Crippen molar-refractivity contribution in [3.63, 3.8) is 0 Å². The molecule has 0 atom stereocenters. The number of rotatable bonds is 10. The molecule has 4 rings (SSSR count). The van der Waals surface area contributed by atoms with Crippen LogP contribution in [0.3, 0.4) is 0 Å². The monoisotopic (exact) mass is 487 g/mol. The topological polar surface area (TPSA) is 88.6 Å². The summed E-state index contributed by atoms with van der Waals surface area (Å²) in [6.07, 6.45) is 0.121. The molecule has 0 aliphatic rings. The van der Waals surface area contributed by atoms with Crippen molar-refractivity contribution >= 4 is 16.9 Å². The van der Waals surface area contributed by atoms with E-state index in [2.05, 4.69) is 44.2 Å². The van der Waals surface area contributed by atoms with Crippen molar-refractivity contribution < 1.29 is 19.0 Å². The molecule has 7 nitrogen and oxygen atoms in total. The maximum Gasteiger partial charge on any atom is 0.310 e. The molecule has 188 valence electrons. The van der Waals surface area contributed by atoms with Gasteiger partial charge in [0.25, 0.3) is 0 Å². The Kier molecular flexibility index (Phi) is 7.90. The Hall–Kier alpha value is -3.84. The van der Waals surface area contributed by atoms with Gasteiger partial charge in [0.15, 0.2) is 0 Å². The van der Waals surface area contributed by atoms with Crippen molar-refractivity contribution in [3.8, 4) is 22.6 Å². The highest BCUT2D eigenvalue weighted by atomic mass is 16.5. The summed E-state index contributed by atoms with van der Waals surface area (Å²) in [5, 5.41) is 5.91. The minimum Gasteiger partial charge on any atom is -0.497 e. The van der Waals surface area contributed by atoms with Crippen LogP contribution in [0.1, 0.15) is 43.6 Å². The number of benzene rings is 3. The summed E-state index contributed by atoms with van der Waals surface area (Å²) in [4.78, 5) is 12.1. The molecule has 0 spiro atoms. The molecule has 2 N–H and O–H groups in total. The number of carbonyl (C=O) groups excluding carboxylic acids is 1. The lowest BCUT2D eigenvalue weighted by Gasteiger charge is -2.12. The minimum atomic E-state index is -0.300. The first-order chi connectivity index (χ1) is 17.4. The largest absolute Gasteiger partial charge is 0.497 e. The summed E-state index contributed by atoms with van der Waals surface area (Å²) in [5.41, 5.74) is 11.7. The quantitative estimate of drug-likeness (QED) is 0.300. The number of nitrogens with zero attached hydrogens (tertiary/aromatic N) is 2. The molecule has 0 radical (unpaired) electrons. The standard InChI is InChI=1S/C29H33N3O4/c1-5-35-29(33)15-23-9-11-24(34-4)16-28(23)36-18-26-25-14-22(21-8-6-7-20(13-21)17-30)10-12-27(25)32(31-26)19(2)3/h6-14,16,19H,5,15,17-18,30H2,1-4H3. The van der Waals surface area contributed by atoms with Crippen molar-refractivity contribution in [2.45, 2.75) is 46.4 Å². The number of nitrogens with two attached hydrogens (primary N) is 1. The summed E-state index contributed by atoms with van der Waals surface area (Å²) in [6.45, 7) is 7.07. The smallest absolute Gasteiger partial charge is 0.310 e. The van der Waals surface area contributed by atoms with Gasteiger partial charge in [-0.2, -0.15) is 5.10 Å². The van der Waals surface area contributed by atoms with Crippen LogP contribution < -0.4 is 15.2 Å². The number of hydrogen-bond donors (Lipinski definition) is 1. The Balaban J connectivity index is 1.70. The molecule has 0 fully saturated rings. The Morgan fingerprint density at radius 3 is 2.58 bits per heavy atom. The van der Waals surface area contributed by atoms with E-state index in [1.807, 2.05) is 28.9 Å². The average molecular weight is 488 g/mol. The third-order valence-electron chi connectivity index (χ3n) is 6.05. The third-order valence-corrected chi connectivity index (χ3v) is 6.05. The first-order valence-corrected chi connectivity index (χ1v) is 12.2. The van der Waals surface area contributed by atoms with Crippen LogP contribution in [-0.2, 0) is 29.1 Å². The van der Waals surface area contributed by atoms with Crippen molar-refractivity contribution in [2.75, 3.05) is 13.7 Å². The molecular weight excluding hydrogens is 454 g/mol. The fourth-order valence-corrected chi connectivity index (χ4v) is 4.22. The highest BCUT2D eigenvalue weighted by Gasteiger charge is 2.17. The second-order valence-electron chi connectivity index (χ2n) is 8.87. The molecule has 1 heterocycles. The Morgan fingerprint density at radius 1 is 1.06 bits per heavy atom. The van der Waals surface area contributed by atoms with Crippen molar-refractivity contribution in [2.24, 2.45) is 5.73 Å². The summed E-state index contributed by atoms with van der Waals surface area (Å²) < 4.78 is 18.8. The number of ether oxygens (including phenoxy) is 3. The van der Waals surface area contributed by atoms with E-state index in [0.717, 1.165) is 38.9 Å². The van der Waals surface area contributed by atoms with Crippen molar-refractivity contribution in [1.82, 2.24) is 9.78 Å². The van der Waals surface area contributed by atoms with Crippen molar-refractivity contribution in [1.29, 1.82) is 0 Å². The van der Waals surface area contributed by atoms with E-state index in [1.54, 1.807) is 20.1 Å². The first-order valence-electron chi connectivity index (χ1n) is 12.2. The number of methoxy groups -OCH3 is 1. The average Bonchev–Trinajstić information content (AvgIpc) is 3.26. The molecule has 36 heavy (non-hydrogen) atoms. The Bertz CT molecular complexity index is 1360. The van der Waals surface area contributed by atoms with Gasteiger partial charge in [-0.3, -0.25) is 9.48 Å². The molecule has 0 saturated carbocycles. The number of fused-ring (bicyclic) bond motifs is 1. The third kappa shape index (κ3) is 5.52. The molecule has 0 amide bonds. The van der Waals surface area contributed by atoms with Gasteiger partial charge in [-0.25, -0.2) is 0 Å². The van der Waals surface area contributed by atoms with E-state index in [4.69, 9.17) is 25.0 Å². The molecule has 0 saturated heterocycles. The van der Waals surface area contributed by atoms with Crippen LogP contribution in [-0.4, -0.2) is 29.5 Å². The Labute approximate surface area is 211 Å². The molecule has 0 aliphatic heterocycles. The second kappa shape index (κ2) is 11.3. The molecule has 0 bridgehead atoms. The van der Waals surface area contributed by atoms with Gasteiger partial charge in [0.1, 0.15) is 23.8 Å². The van der Waals surface area contributed by atoms with Crippen LogP contribution in [0.2, 0.25) is 0 Å².